The van der Waals surface area contributed by atoms with E-state index in [1.165, 1.54) is 7.05 Å². The van der Waals surface area contributed by atoms with Crippen molar-refractivity contribution in [2.45, 2.75) is 30.2 Å². The Hall–Kier alpha value is -2.96. The molecule has 156 valence electrons. The third kappa shape index (κ3) is 4.96. The van der Waals surface area contributed by atoms with Crippen molar-refractivity contribution in [2.75, 3.05) is 7.05 Å². The number of amides is 1. The average Bonchev–Trinajstić information content (AvgIpc) is 2.79. The van der Waals surface area contributed by atoms with E-state index in [0.717, 1.165) is 16.7 Å². The van der Waals surface area contributed by atoms with Crippen molar-refractivity contribution < 1.29 is 13.2 Å². The minimum Gasteiger partial charge on any atom is -0.343 e. The zero-order chi connectivity index (χ0) is 21.6. The largest absolute Gasteiger partial charge is 0.343 e. The van der Waals surface area contributed by atoms with Crippen LogP contribution in [0.2, 0.25) is 0 Å². The molecular formula is C24H26N2O3S. The second kappa shape index (κ2) is 9.24. The molecule has 5 nitrogen and oxygen atoms in total. The first-order valence-electron chi connectivity index (χ1n) is 9.80. The number of hydrogen-bond acceptors (Lipinski definition) is 3. The lowest BCUT2D eigenvalue weighted by Crippen LogP contribution is -2.44. The zero-order valence-corrected chi connectivity index (χ0v) is 17.9. The van der Waals surface area contributed by atoms with Gasteiger partial charge in [0.05, 0.1) is 10.4 Å². The first-order chi connectivity index (χ1) is 14.3. The van der Waals surface area contributed by atoms with Crippen molar-refractivity contribution in [1.29, 1.82) is 0 Å². The van der Waals surface area contributed by atoms with Crippen molar-refractivity contribution >= 4 is 15.9 Å². The van der Waals surface area contributed by atoms with Gasteiger partial charge in [0.1, 0.15) is 0 Å². The van der Waals surface area contributed by atoms with Gasteiger partial charge in [0.2, 0.25) is 15.9 Å². The molecule has 0 aliphatic carbocycles. The molecule has 3 aromatic carbocycles. The van der Waals surface area contributed by atoms with Crippen LogP contribution in [0.25, 0.3) is 0 Å². The van der Waals surface area contributed by atoms with E-state index in [1.54, 1.807) is 24.3 Å². The number of sulfonamides is 1. The van der Waals surface area contributed by atoms with E-state index in [1.807, 2.05) is 67.6 Å². The topological polar surface area (TPSA) is 75.3 Å². The van der Waals surface area contributed by atoms with E-state index in [0.29, 0.717) is 12.8 Å². The Bertz CT molecular complexity index is 1040. The van der Waals surface area contributed by atoms with Crippen molar-refractivity contribution in [2.24, 2.45) is 0 Å². The number of hydrogen-bond donors (Lipinski definition) is 2. The van der Waals surface area contributed by atoms with Gasteiger partial charge in [-0.3, -0.25) is 4.79 Å². The monoisotopic (exact) mass is 422 g/mol. The molecule has 0 unspecified atom stereocenters. The van der Waals surface area contributed by atoms with Gasteiger partial charge in [-0.2, -0.15) is 0 Å². The number of aryl methyl sites for hydroxylation is 1. The molecule has 0 radical (unpaired) electrons. The standard InChI is InChI=1S/C24H26N2O3S/c1-24(20-9-5-3-6-10-20,21-11-7-4-8-12-21)26-23(27)18-15-19-13-16-22(17-14-19)30(28,29)25-2/h3-14,16-17,25H,15,18H2,1-2H3,(H,26,27). The van der Waals surface area contributed by atoms with Crippen LogP contribution in [-0.4, -0.2) is 21.4 Å². The van der Waals surface area contributed by atoms with Crippen molar-refractivity contribution in [1.82, 2.24) is 10.0 Å². The second-order valence-electron chi connectivity index (χ2n) is 7.26. The average molecular weight is 423 g/mol. The van der Waals surface area contributed by atoms with Crippen LogP contribution >= 0.6 is 0 Å². The molecule has 0 aromatic heterocycles. The van der Waals surface area contributed by atoms with E-state index in [9.17, 15) is 13.2 Å². The van der Waals surface area contributed by atoms with Gasteiger partial charge in [0.15, 0.2) is 0 Å². The smallest absolute Gasteiger partial charge is 0.240 e. The maximum Gasteiger partial charge on any atom is 0.240 e. The number of carbonyl (C=O) groups is 1. The van der Waals surface area contributed by atoms with Gasteiger partial charge in [-0.1, -0.05) is 72.8 Å². The number of carbonyl (C=O) groups excluding carboxylic acids is 1. The Kier molecular flexibility index (Phi) is 6.70. The fourth-order valence-electron chi connectivity index (χ4n) is 3.41. The quantitative estimate of drug-likeness (QED) is 0.582. The molecule has 0 saturated heterocycles. The maximum absolute atomic E-state index is 12.8. The molecule has 30 heavy (non-hydrogen) atoms. The SMILES string of the molecule is CNS(=O)(=O)c1ccc(CCC(=O)NC(C)(c2ccccc2)c2ccccc2)cc1. The van der Waals surface area contributed by atoms with Crippen LogP contribution in [-0.2, 0) is 26.8 Å². The molecule has 2 N–H and O–H groups in total. The summed E-state index contributed by atoms with van der Waals surface area (Å²) in [5.74, 6) is -0.0721. The van der Waals surface area contributed by atoms with Crippen LogP contribution < -0.4 is 10.0 Å². The summed E-state index contributed by atoms with van der Waals surface area (Å²) in [6, 6.07) is 26.4. The van der Waals surface area contributed by atoms with Crippen LogP contribution in [0.4, 0.5) is 0 Å². The molecule has 0 saturated carbocycles. The van der Waals surface area contributed by atoms with Crippen LogP contribution in [0.1, 0.15) is 30.0 Å². The summed E-state index contributed by atoms with van der Waals surface area (Å²) in [6.45, 7) is 2.01. The van der Waals surface area contributed by atoms with Gasteiger partial charge in [0.25, 0.3) is 0 Å². The summed E-state index contributed by atoms with van der Waals surface area (Å²) >= 11 is 0. The van der Waals surface area contributed by atoms with E-state index >= 15 is 0 Å². The Labute approximate surface area is 178 Å². The van der Waals surface area contributed by atoms with E-state index in [4.69, 9.17) is 0 Å². The van der Waals surface area contributed by atoms with Crippen LogP contribution in [0.3, 0.4) is 0 Å². The molecule has 0 atom stereocenters. The fraction of sp³-hybridized carbons (Fsp3) is 0.208. The van der Waals surface area contributed by atoms with E-state index < -0.39 is 15.6 Å². The molecule has 0 heterocycles. The molecule has 3 rings (SSSR count). The number of rotatable bonds is 8. The van der Waals surface area contributed by atoms with Gasteiger partial charge >= 0.3 is 0 Å². The van der Waals surface area contributed by atoms with E-state index in [2.05, 4.69) is 10.0 Å². The minimum absolute atomic E-state index is 0.0721. The van der Waals surface area contributed by atoms with Gasteiger partial charge in [-0.15, -0.1) is 0 Å². The van der Waals surface area contributed by atoms with Gasteiger partial charge in [0, 0.05) is 6.42 Å². The van der Waals surface area contributed by atoms with Crippen molar-refractivity contribution in [3.8, 4) is 0 Å². The minimum atomic E-state index is -3.46. The van der Waals surface area contributed by atoms with Gasteiger partial charge in [-0.25, -0.2) is 13.1 Å². The molecule has 6 heteroatoms. The molecule has 3 aromatic rings. The Balaban J connectivity index is 1.73. The highest BCUT2D eigenvalue weighted by atomic mass is 32.2. The molecule has 1 amide bonds. The normalized spacial score (nSPS) is 11.8. The molecule has 0 spiro atoms. The summed E-state index contributed by atoms with van der Waals surface area (Å²) in [4.78, 5) is 13.0. The van der Waals surface area contributed by atoms with Crippen LogP contribution in [0.15, 0.2) is 89.8 Å². The summed E-state index contributed by atoms with van der Waals surface area (Å²) in [6.07, 6.45) is 0.818. The van der Waals surface area contributed by atoms with Crippen LogP contribution in [0, 0.1) is 0 Å². The summed E-state index contributed by atoms with van der Waals surface area (Å²) in [5, 5.41) is 3.20. The molecular weight excluding hydrogens is 396 g/mol. The highest BCUT2D eigenvalue weighted by molar-refractivity contribution is 7.89. The molecule has 0 bridgehead atoms. The second-order valence-corrected chi connectivity index (χ2v) is 9.14. The van der Waals surface area contributed by atoms with Gasteiger partial charge < -0.3 is 5.32 Å². The lowest BCUT2D eigenvalue weighted by Gasteiger charge is -2.32. The van der Waals surface area contributed by atoms with E-state index in [-0.39, 0.29) is 10.8 Å². The first kappa shape index (κ1) is 21.7. The highest BCUT2D eigenvalue weighted by Crippen LogP contribution is 2.29. The summed E-state index contributed by atoms with van der Waals surface area (Å²) in [5.41, 5.74) is 2.27. The predicted molar refractivity (Wildman–Crippen MR) is 118 cm³/mol. The third-order valence-corrected chi connectivity index (χ3v) is 6.67. The lowest BCUT2D eigenvalue weighted by molar-refractivity contribution is -0.122. The fourth-order valence-corrected chi connectivity index (χ4v) is 4.14. The third-order valence-electron chi connectivity index (χ3n) is 5.23. The lowest BCUT2D eigenvalue weighted by atomic mass is 9.84. The Morgan fingerprint density at radius 3 is 1.80 bits per heavy atom. The maximum atomic E-state index is 12.8. The molecule has 0 aliphatic heterocycles. The predicted octanol–water partition coefficient (Wildman–Crippen LogP) is 3.61. The number of nitrogens with one attached hydrogen (secondary N) is 2. The molecule has 0 aliphatic rings. The number of benzene rings is 3. The molecule has 0 fully saturated rings. The first-order valence-corrected chi connectivity index (χ1v) is 11.3. The Morgan fingerprint density at radius 1 is 0.833 bits per heavy atom. The highest BCUT2D eigenvalue weighted by Gasteiger charge is 2.30. The summed E-state index contributed by atoms with van der Waals surface area (Å²) < 4.78 is 26.0. The van der Waals surface area contributed by atoms with Crippen LogP contribution in [0.5, 0.6) is 0 Å². The van der Waals surface area contributed by atoms with Crippen molar-refractivity contribution in [3.63, 3.8) is 0 Å². The summed E-state index contributed by atoms with van der Waals surface area (Å²) in [7, 11) is -2.08. The zero-order valence-electron chi connectivity index (χ0n) is 17.1. The van der Waals surface area contributed by atoms with Gasteiger partial charge in [-0.05, 0) is 49.2 Å². The Morgan fingerprint density at radius 2 is 1.33 bits per heavy atom. The van der Waals surface area contributed by atoms with Crippen molar-refractivity contribution in [3.05, 3.63) is 102 Å².